The molecule has 0 atom stereocenters. The minimum absolute atomic E-state index is 0.101. The summed E-state index contributed by atoms with van der Waals surface area (Å²) in [4.78, 5) is 12.3. The second kappa shape index (κ2) is 5.37. The Labute approximate surface area is 138 Å². The molecule has 1 amide bonds. The third-order valence-corrected chi connectivity index (χ3v) is 4.61. The Kier molecular flexibility index (Phi) is 3.30. The minimum Gasteiger partial charge on any atom is -0.497 e. The van der Waals surface area contributed by atoms with E-state index in [0.717, 1.165) is 33.3 Å². The van der Waals surface area contributed by atoms with Crippen LogP contribution >= 0.6 is 0 Å². The van der Waals surface area contributed by atoms with E-state index in [1.165, 1.54) is 12.1 Å². The van der Waals surface area contributed by atoms with E-state index in [2.05, 4.69) is 5.32 Å². The van der Waals surface area contributed by atoms with Gasteiger partial charge in [0.05, 0.1) is 12.6 Å². The van der Waals surface area contributed by atoms with Crippen molar-refractivity contribution < 1.29 is 13.9 Å². The molecule has 0 spiro atoms. The molecule has 0 bridgehead atoms. The first-order valence-corrected chi connectivity index (χ1v) is 7.85. The van der Waals surface area contributed by atoms with Gasteiger partial charge in [-0.3, -0.25) is 4.79 Å². The molecule has 2 aromatic carbocycles. The maximum Gasteiger partial charge on any atom is 0.268 e. The Bertz CT molecular complexity index is 958. The summed E-state index contributed by atoms with van der Waals surface area (Å²) in [5.41, 5.74) is 4.03. The fourth-order valence-electron chi connectivity index (χ4n) is 3.49. The quantitative estimate of drug-likeness (QED) is 0.784. The molecule has 24 heavy (non-hydrogen) atoms. The van der Waals surface area contributed by atoms with Crippen LogP contribution in [0.4, 0.5) is 4.39 Å². The number of aryl methyl sites for hydroxylation is 1. The lowest BCUT2D eigenvalue weighted by Crippen LogP contribution is -2.35. The molecule has 4 nitrogen and oxygen atoms in total. The molecule has 122 valence electrons. The number of ether oxygens (including phenoxy) is 1. The van der Waals surface area contributed by atoms with E-state index in [1.807, 2.05) is 35.8 Å². The van der Waals surface area contributed by atoms with Crippen LogP contribution in [0.15, 0.2) is 36.4 Å². The number of nitrogens with zero attached hydrogens (tertiary/aromatic N) is 1. The molecule has 0 unspecified atom stereocenters. The lowest BCUT2D eigenvalue weighted by molar-refractivity contribution is 0.0928. The summed E-state index contributed by atoms with van der Waals surface area (Å²) >= 11 is 0. The van der Waals surface area contributed by atoms with Gasteiger partial charge in [-0.25, -0.2) is 4.39 Å². The molecule has 1 N–H and O–H groups in total. The summed E-state index contributed by atoms with van der Waals surface area (Å²) in [5, 5.41) is 3.64. The van der Waals surface area contributed by atoms with Crippen LogP contribution < -0.4 is 10.1 Å². The van der Waals surface area contributed by atoms with E-state index in [1.54, 1.807) is 7.11 Å². The second-order valence-corrected chi connectivity index (χ2v) is 5.96. The lowest BCUT2D eigenvalue weighted by atomic mass is 10.0. The normalized spacial score (nSPS) is 13.7. The van der Waals surface area contributed by atoms with Gasteiger partial charge < -0.3 is 14.6 Å². The van der Waals surface area contributed by atoms with Crippen molar-refractivity contribution >= 4 is 16.8 Å². The van der Waals surface area contributed by atoms with E-state index in [4.69, 9.17) is 4.74 Å². The molecule has 0 aliphatic carbocycles. The van der Waals surface area contributed by atoms with Crippen LogP contribution in [0.1, 0.15) is 16.1 Å². The molecule has 2 heterocycles. The zero-order valence-corrected chi connectivity index (χ0v) is 13.5. The zero-order valence-electron chi connectivity index (χ0n) is 13.5. The van der Waals surface area contributed by atoms with Crippen LogP contribution in [0, 0.1) is 12.7 Å². The average Bonchev–Trinajstić information content (AvgIpc) is 2.88. The smallest absolute Gasteiger partial charge is 0.268 e. The van der Waals surface area contributed by atoms with Crippen molar-refractivity contribution in [3.63, 3.8) is 0 Å². The number of nitrogens with one attached hydrogen (secondary N) is 1. The predicted octanol–water partition coefficient (Wildman–Crippen LogP) is 3.51. The Balaban J connectivity index is 2.04. The average molecular weight is 324 g/mol. The maximum absolute atomic E-state index is 14.2. The van der Waals surface area contributed by atoms with Crippen LogP contribution in [0.5, 0.6) is 5.75 Å². The Hall–Kier alpha value is -2.82. The third-order valence-electron chi connectivity index (χ3n) is 4.61. The molecule has 0 saturated heterocycles. The van der Waals surface area contributed by atoms with Gasteiger partial charge in [0.1, 0.15) is 17.3 Å². The fourth-order valence-corrected chi connectivity index (χ4v) is 3.49. The highest BCUT2D eigenvalue weighted by Gasteiger charge is 2.25. The van der Waals surface area contributed by atoms with Crippen molar-refractivity contribution in [2.24, 2.45) is 0 Å². The number of fused-ring (bicyclic) bond motifs is 3. The van der Waals surface area contributed by atoms with Crippen LogP contribution in [0.3, 0.4) is 0 Å². The molecule has 0 radical (unpaired) electrons. The third kappa shape index (κ3) is 2.08. The van der Waals surface area contributed by atoms with Crippen molar-refractivity contribution in [3.8, 4) is 16.9 Å². The number of rotatable bonds is 2. The number of hydrogen-bond acceptors (Lipinski definition) is 2. The number of carbonyl (C=O) groups is 1. The van der Waals surface area contributed by atoms with Crippen molar-refractivity contribution in [2.45, 2.75) is 13.5 Å². The summed E-state index contributed by atoms with van der Waals surface area (Å²) in [6, 6.07) is 10.6. The van der Waals surface area contributed by atoms with Gasteiger partial charge in [0.15, 0.2) is 0 Å². The Morgan fingerprint density at radius 3 is 2.67 bits per heavy atom. The standard InChI is InChI=1S/C19H17FN2O2/c1-11-15-9-13(20)10-16(12-3-5-14(24-2)6-4-12)18(15)22-8-7-21-19(23)17(11)22/h3-6,9-10H,7-8H2,1-2H3,(H,21,23). The minimum atomic E-state index is -0.306. The van der Waals surface area contributed by atoms with Crippen molar-refractivity contribution in [3.05, 3.63) is 53.5 Å². The Morgan fingerprint density at radius 2 is 1.96 bits per heavy atom. The van der Waals surface area contributed by atoms with Crippen molar-refractivity contribution in [1.29, 1.82) is 0 Å². The molecule has 3 aromatic rings. The SMILES string of the molecule is COc1ccc(-c2cc(F)cc3c(C)c4n(c23)CCNC4=O)cc1. The van der Waals surface area contributed by atoms with Gasteiger partial charge >= 0.3 is 0 Å². The Morgan fingerprint density at radius 1 is 1.21 bits per heavy atom. The molecule has 5 heteroatoms. The van der Waals surface area contributed by atoms with E-state index in [9.17, 15) is 9.18 Å². The summed E-state index contributed by atoms with van der Waals surface area (Å²) < 4.78 is 21.4. The first-order valence-electron chi connectivity index (χ1n) is 7.85. The summed E-state index contributed by atoms with van der Waals surface area (Å²) in [7, 11) is 1.61. The van der Waals surface area contributed by atoms with Gasteiger partial charge in [-0.2, -0.15) is 0 Å². The van der Waals surface area contributed by atoms with E-state index in [-0.39, 0.29) is 11.7 Å². The monoisotopic (exact) mass is 324 g/mol. The number of amides is 1. The van der Waals surface area contributed by atoms with Crippen molar-refractivity contribution in [1.82, 2.24) is 9.88 Å². The number of methoxy groups -OCH3 is 1. The molecule has 1 aliphatic rings. The van der Waals surface area contributed by atoms with Crippen LogP contribution in [-0.2, 0) is 6.54 Å². The largest absolute Gasteiger partial charge is 0.497 e. The van der Waals surface area contributed by atoms with Gasteiger partial charge in [-0.05, 0) is 42.3 Å². The topological polar surface area (TPSA) is 43.3 Å². The highest BCUT2D eigenvalue weighted by atomic mass is 19.1. The molecule has 1 aromatic heterocycles. The van der Waals surface area contributed by atoms with Gasteiger partial charge in [-0.1, -0.05) is 12.1 Å². The summed E-state index contributed by atoms with van der Waals surface area (Å²) in [6.07, 6.45) is 0. The fraction of sp³-hybridized carbons (Fsp3) is 0.211. The molecule has 0 saturated carbocycles. The van der Waals surface area contributed by atoms with Gasteiger partial charge in [0.25, 0.3) is 5.91 Å². The lowest BCUT2D eigenvalue weighted by Gasteiger charge is -2.18. The first-order chi connectivity index (χ1) is 11.6. The number of hydrogen-bond donors (Lipinski definition) is 1. The second-order valence-electron chi connectivity index (χ2n) is 5.96. The van der Waals surface area contributed by atoms with E-state index < -0.39 is 0 Å². The summed E-state index contributed by atoms with van der Waals surface area (Å²) in [6.45, 7) is 3.13. The number of aromatic nitrogens is 1. The molecule has 0 fully saturated rings. The zero-order chi connectivity index (χ0) is 16.8. The van der Waals surface area contributed by atoms with Gasteiger partial charge in [-0.15, -0.1) is 0 Å². The van der Waals surface area contributed by atoms with E-state index >= 15 is 0 Å². The molecular weight excluding hydrogens is 307 g/mol. The maximum atomic E-state index is 14.2. The molecule has 1 aliphatic heterocycles. The van der Waals surface area contributed by atoms with Crippen LogP contribution in [0.25, 0.3) is 22.0 Å². The number of halogens is 1. The van der Waals surface area contributed by atoms with E-state index in [0.29, 0.717) is 18.8 Å². The van der Waals surface area contributed by atoms with Crippen LogP contribution in [-0.4, -0.2) is 24.1 Å². The highest BCUT2D eigenvalue weighted by Crippen LogP contribution is 2.36. The van der Waals surface area contributed by atoms with Gasteiger partial charge in [0, 0.05) is 24.0 Å². The van der Waals surface area contributed by atoms with Crippen LogP contribution in [0.2, 0.25) is 0 Å². The van der Waals surface area contributed by atoms with Crippen molar-refractivity contribution in [2.75, 3.05) is 13.7 Å². The summed E-state index contributed by atoms with van der Waals surface area (Å²) in [5.74, 6) is 0.343. The van der Waals surface area contributed by atoms with Gasteiger partial charge in [0.2, 0.25) is 0 Å². The molecule has 4 rings (SSSR count). The highest BCUT2D eigenvalue weighted by molar-refractivity contribution is 6.06. The first kappa shape index (κ1) is 14.8. The number of carbonyl (C=O) groups excluding carboxylic acids is 1. The predicted molar refractivity (Wildman–Crippen MR) is 91.0 cm³/mol. The number of benzene rings is 2. The molecular formula is C19H17FN2O2.